The van der Waals surface area contributed by atoms with Crippen molar-refractivity contribution >= 4 is 94.5 Å². The molecule has 0 N–H and O–H groups in total. The molecule has 0 spiro atoms. The Labute approximate surface area is 133 Å². The van der Waals surface area contributed by atoms with Crippen molar-refractivity contribution in [3.8, 4) is 0 Å². The molecule has 0 nitrogen and oxygen atoms in total. The summed E-state index contributed by atoms with van der Waals surface area (Å²) in [4.78, 5) is 0. The maximum absolute atomic E-state index is 0. The molecule has 9 heavy (non-hydrogen) atoms. The molecule has 0 unspecified atom stereocenters. The molecule has 0 saturated carbocycles. The quantitative estimate of drug-likeness (QED) is 0.381. The maximum Gasteiger partial charge on any atom is 0 e. The summed E-state index contributed by atoms with van der Waals surface area (Å²) in [6.07, 6.45) is 0. The molecule has 0 fully saturated rings. The number of hydrogen-bond acceptors (Lipinski definition) is 0. The molecular formula is H14Re2S7. The second-order valence-corrected chi connectivity index (χ2v) is 0. The van der Waals surface area contributed by atoms with Crippen LogP contribution in [0, 0.1) is 0 Å². The van der Waals surface area contributed by atoms with E-state index < -0.39 is 0 Å². The SMILES string of the molecule is S.S.S.S.S.S.S.[Re].[Re]. The van der Waals surface area contributed by atoms with E-state index in [1.807, 2.05) is 0 Å². The predicted molar refractivity (Wildman–Crippen MR) is 72.7 cm³/mol. The Morgan fingerprint density at radius 3 is 0.222 bits per heavy atom. The zero-order valence-corrected chi connectivity index (χ0v) is 16.7. The molecule has 0 aromatic carbocycles. The molecule has 0 heterocycles. The van der Waals surface area contributed by atoms with Crippen LogP contribution in [0.2, 0.25) is 0 Å². The van der Waals surface area contributed by atoms with Crippen LogP contribution >= 0.6 is 94.5 Å². The van der Waals surface area contributed by atoms with Crippen molar-refractivity contribution in [2.75, 3.05) is 0 Å². The summed E-state index contributed by atoms with van der Waals surface area (Å²) in [5.41, 5.74) is 0. The summed E-state index contributed by atoms with van der Waals surface area (Å²) < 4.78 is 0. The molecule has 9 heteroatoms. The molecule has 0 aliphatic rings. The van der Waals surface area contributed by atoms with E-state index in [0.717, 1.165) is 0 Å². The van der Waals surface area contributed by atoms with E-state index >= 15 is 0 Å². The fourth-order valence-corrected chi connectivity index (χ4v) is 0. The number of rotatable bonds is 0. The summed E-state index contributed by atoms with van der Waals surface area (Å²) in [5.74, 6) is 0. The van der Waals surface area contributed by atoms with Gasteiger partial charge >= 0.3 is 0 Å². The summed E-state index contributed by atoms with van der Waals surface area (Å²) in [5, 5.41) is 0. The van der Waals surface area contributed by atoms with Crippen molar-refractivity contribution in [2.45, 2.75) is 0 Å². The molecule has 0 atom stereocenters. The van der Waals surface area contributed by atoms with Crippen LogP contribution in [0.15, 0.2) is 0 Å². The monoisotopic (exact) mass is 612 g/mol. The Bertz CT molecular complexity index is 6.88. The normalized spacial score (nSPS) is 0. The largest absolute Gasteiger partial charge is 0.197 e. The molecule has 0 bridgehead atoms. The maximum atomic E-state index is 0. The summed E-state index contributed by atoms with van der Waals surface area (Å²) in [6, 6.07) is 0. The molecule has 0 amide bonds. The first kappa shape index (κ1) is 124. The minimum absolute atomic E-state index is 0. The first-order valence-corrected chi connectivity index (χ1v) is 0. The van der Waals surface area contributed by atoms with Gasteiger partial charge in [-0.05, 0) is 0 Å². The Hall–Kier alpha value is 3.77. The van der Waals surface area contributed by atoms with Gasteiger partial charge in [0.15, 0.2) is 0 Å². The van der Waals surface area contributed by atoms with Gasteiger partial charge in [-0.3, -0.25) is 0 Å². The van der Waals surface area contributed by atoms with Gasteiger partial charge < -0.3 is 0 Å². The van der Waals surface area contributed by atoms with Gasteiger partial charge in [-0.2, -0.15) is 94.5 Å². The fraction of sp³-hybridized carbons (Fsp3) is 0. The van der Waals surface area contributed by atoms with Gasteiger partial charge in [0, 0.05) is 40.8 Å². The average molecular weight is 611 g/mol. The van der Waals surface area contributed by atoms with E-state index in [0.29, 0.717) is 0 Å². The van der Waals surface area contributed by atoms with E-state index in [2.05, 4.69) is 0 Å². The molecule has 70 valence electrons. The van der Waals surface area contributed by atoms with Gasteiger partial charge in [-0.25, -0.2) is 0 Å². The van der Waals surface area contributed by atoms with Gasteiger partial charge in [0.05, 0.1) is 0 Å². The van der Waals surface area contributed by atoms with Gasteiger partial charge in [0.1, 0.15) is 0 Å². The Balaban J connectivity index is 0. The van der Waals surface area contributed by atoms with E-state index in [1.165, 1.54) is 0 Å². The number of hydrogen-bond donors (Lipinski definition) is 0. The zero-order valence-electron chi connectivity index (χ0n) is 4.26. The minimum atomic E-state index is 0. The van der Waals surface area contributed by atoms with Crippen LogP contribution < -0.4 is 0 Å². The van der Waals surface area contributed by atoms with Crippen molar-refractivity contribution in [3.63, 3.8) is 0 Å². The van der Waals surface area contributed by atoms with Crippen molar-refractivity contribution in [3.05, 3.63) is 0 Å². The van der Waals surface area contributed by atoms with Crippen LogP contribution in [0.25, 0.3) is 0 Å². The van der Waals surface area contributed by atoms with Crippen LogP contribution in [0.1, 0.15) is 0 Å². The second kappa shape index (κ2) is 95.9. The Morgan fingerprint density at radius 2 is 0.222 bits per heavy atom. The predicted octanol–water partition coefficient (Wildman–Crippen LogP) is 0.785. The third-order valence-corrected chi connectivity index (χ3v) is 0. The fourth-order valence-electron chi connectivity index (χ4n) is 0. The molecule has 2 radical (unpaired) electrons. The van der Waals surface area contributed by atoms with Gasteiger partial charge in [0.2, 0.25) is 0 Å². The van der Waals surface area contributed by atoms with Crippen molar-refractivity contribution < 1.29 is 40.8 Å². The smallest absolute Gasteiger partial charge is 0 e. The van der Waals surface area contributed by atoms with Crippen LogP contribution in [-0.2, 0) is 40.8 Å². The molecular weight excluding hydrogens is 597 g/mol. The van der Waals surface area contributed by atoms with E-state index in [4.69, 9.17) is 0 Å². The first-order chi connectivity index (χ1) is 0. The summed E-state index contributed by atoms with van der Waals surface area (Å²) in [6.45, 7) is 0. The van der Waals surface area contributed by atoms with Crippen molar-refractivity contribution in [1.29, 1.82) is 0 Å². The zero-order chi connectivity index (χ0) is 0. The molecule has 0 aliphatic carbocycles. The van der Waals surface area contributed by atoms with Crippen LogP contribution in [0.4, 0.5) is 0 Å². The Kier molecular flexibility index (Phi) is 1330. The third kappa shape index (κ3) is 79.0. The van der Waals surface area contributed by atoms with Gasteiger partial charge in [-0.15, -0.1) is 0 Å². The van der Waals surface area contributed by atoms with Gasteiger partial charge in [0.25, 0.3) is 0 Å². The standard InChI is InChI=1S/2Re.7H2S/h;;7*1H2. The molecule has 0 saturated heterocycles. The third-order valence-electron chi connectivity index (χ3n) is 0. The molecule has 0 aromatic heterocycles. The van der Waals surface area contributed by atoms with E-state index in [9.17, 15) is 0 Å². The van der Waals surface area contributed by atoms with E-state index in [-0.39, 0.29) is 135 Å². The average Bonchev–Trinajstić information content (AvgIpc) is 0. The second-order valence-electron chi connectivity index (χ2n) is 0. The first-order valence-electron chi connectivity index (χ1n) is 0. The summed E-state index contributed by atoms with van der Waals surface area (Å²) >= 11 is 0. The summed E-state index contributed by atoms with van der Waals surface area (Å²) in [7, 11) is 0. The van der Waals surface area contributed by atoms with Crippen molar-refractivity contribution in [1.82, 2.24) is 0 Å². The van der Waals surface area contributed by atoms with Crippen LogP contribution in [-0.4, -0.2) is 0 Å². The van der Waals surface area contributed by atoms with Gasteiger partial charge in [-0.1, -0.05) is 0 Å². The molecule has 0 aromatic rings. The topological polar surface area (TPSA) is 0 Å². The minimum Gasteiger partial charge on any atom is -0.197 e. The van der Waals surface area contributed by atoms with E-state index in [1.54, 1.807) is 0 Å². The Morgan fingerprint density at radius 1 is 0.222 bits per heavy atom. The molecule has 0 rings (SSSR count). The van der Waals surface area contributed by atoms with Crippen LogP contribution in [0.5, 0.6) is 0 Å². The molecule has 0 aliphatic heterocycles. The van der Waals surface area contributed by atoms with Crippen LogP contribution in [0.3, 0.4) is 0 Å². The van der Waals surface area contributed by atoms with Crippen molar-refractivity contribution in [2.24, 2.45) is 0 Å².